The molecule has 1 aliphatic carbocycles. The summed E-state index contributed by atoms with van der Waals surface area (Å²) in [7, 11) is -1.68. The monoisotopic (exact) mass is 305 g/mol. The standard InChI is InChI=1S/C15H19N3O2S/c1-16-10-14-9-15(11-18(14)13-7-8-13)21(19,20)17-12-5-3-2-4-6-12/h2-6,9,11,13,16-17H,7-8,10H2,1H3. The van der Waals surface area contributed by atoms with Crippen molar-refractivity contribution in [2.75, 3.05) is 11.8 Å². The zero-order chi connectivity index (χ0) is 14.9. The second-order valence-corrected chi connectivity index (χ2v) is 6.99. The molecule has 1 fully saturated rings. The van der Waals surface area contributed by atoms with E-state index in [2.05, 4.69) is 14.6 Å². The molecule has 0 bridgehead atoms. The van der Waals surface area contributed by atoms with Crippen LogP contribution in [0.25, 0.3) is 0 Å². The maximum absolute atomic E-state index is 12.5. The van der Waals surface area contributed by atoms with Crippen LogP contribution in [0.15, 0.2) is 47.5 Å². The van der Waals surface area contributed by atoms with Crippen molar-refractivity contribution in [1.82, 2.24) is 9.88 Å². The molecule has 1 aromatic heterocycles. The van der Waals surface area contributed by atoms with Crippen LogP contribution in [-0.4, -0.2) is 20.0 Å². The Bertz CT molecular complexity index is 719. The average molecular weight is 305 g/mol. The molecule has 0 amide bonds. The fourth-order valence-corrected chi connectivity index (χ4v) is 3.49. The van der Waals surface area contributed by atoms with Gasteiger partial charge in [0.2, 0.25) is 0 Å². The number of hydrogen-bond donors (Lipinski definition) is 2. The molecule has 0 saturated heterocycles. The zero-order valence-corrected chi connectivity index (χ0v) is 12.7. The molecule has 2 aromatic rings. The maximum Gasteiger partial charge on any atom is 0.263 e. The Balaban J connectivity index is 1.90. The Hall–Kier alpha value is -1.79. The van der Waals surface area contributed by atoms with Crippen molar-refractivity contribution in [1.29, 1.82) is 0 Å². The lowest BCUT2D eigenvalue weighted by Gasteiger charge is -2.06. The van der Waals surface area contributed by atoms with Gasteiger partial charge in [-0.1, -0.05) is 18.2 Å². The van der Waals surface area contributed by atoms with E-state index < -0.39 is 10.0 Å². The number of nitrogens with one attached hydrogen (secondary N) is 2. The number of hydrogen-bond acceptors (Lipinski definition) is 3. The minimum absolute atomic E-state index is 0.323. The number of anilines is 1. The van der Waals surface area contributed by atoms with E-state index in [1.807, 2.05) is 13.1 Å². The van der Waals surface area contributed by atoms with E-state index in [4.69, 9.17) is 0 Å². The van der Waals surface area contributed by atoms with Gasteiger partial charge in [-0.25, -0.2) is 8.42 Å². The van der Waals surface area contributed by atoms with Crippen molar-refractivity contribution in [3.8, 4) is 0 Å². The van der Waals surface area contributed by atoms with E-state index in [1.165, 1.54) is 0 Å². The maximum atomic E-state index is 12.5. The molecular weight excluding hydrogens is 286 g/mol. The Morgan fingerprint density at radius 1 is 1.24 bits per heavy atom. The van der Waals surface area contributed by atoms with Gasteiger partial charge in [0.1, 0.15) is 4.90 Å². The third-order valence-electron chi connectivity index (χ3n) is 3.54. The normalized spacial score (nSPS) is 15.1. The predicted molar refractivity (Wildman–Crippen MR) is 82.7 cm³/mol. The van der Waals surface area contributed by atoms with Gasteiger partial charge in [0, 0.05) is 30.2 Å². The van der Waals surface area contributed by atoms with Crippen molar-refractivity contribution in [2.24, 2.45) is 0 Å². The fourth-order valence-electron chi connectivity index (χ4n) is 2.38. The third-order valence-corrected chi connectivity index (χ3v) is 4.89. The number of para-hydroxylation sites is 1. The fraction of sp³-hybridized carbons (Fsp3) is 0.333. The summed E-state index contributed by atoms with van der Waals surface area (Å²) >= 11 is 0. The highest BCUT2D eigenvalue weighted by Gasteiger charge is 2.28. The number of sulfonamides is 1. The van der Waals surface area contributed by atoms with Crippen LogP contribution in [0.3, 0.4) is 0 Å². The topological polar surface area (TPSA) is 63.1 Å². The molecule has 0 aliphatic heterocycles. The van der Waals surface area contributed by atoms with E-state index in [1.54, 1.807) is 36.5 Å². The van der Waals surface area contributed by atoms with E-state index >= 15 is 0 Å². The summed E-state index contributed by atoms with van der Waals surface area (Å²) in [6.07, 6.45) is 3.99. The minimum Gasteiger partial charge on any atom is -0.346 e. The molecule has 1 aromatic carbocycles. The minimum atomic E-state index is -3.54. The van der Waals surface area contributed by atoms with Gasteiger partial charge in [-0.2, -0.15) is 0 Å². The van der Waals surface area contributed by atoms with Gasteiger partial charge in [0.05, 0.1) is 0 Å². The summed E-state index contributed by atoms with van der Waals surface area (Å²) in [6.45, 7) is 0.664. The first-order valence-electron chi connectivity index (χ1n) is 7.03. The van der Waals surface area contributed by atoms with Crippen molar-refractivity contribution in [2.45, 2.75) is 30.3 Å². The third kappa shape index (κ3) is 3.11. The summed E-state index contributed by atoms with van der Waals surface area (Å²) in [6, 6.07) is 11.1. The highest BCUT2D eigenvalue weighted by atomic mass is 32.2. The quantitative estimate of drug-likeness (QED) is 0.861. The second-order valence-electron chi connectivity index (χ2n) is 5.31. The SMILES string of the molecule is CNCc1cc(S(=O)(=O)Nc2ccccc2)cn1C1CC1. The van der Waals surface area contributed by atoms with Crippen LogP contribution in [0.2, 0.25) is 0 Å². The molecule has 21 heavy (non-hydrogen) atoms. The molecular formula is C15H19N3O2S. The number of rotatable bonds is 6. The molecule has 0 radical (unpaired) electrons. The molecule has 1 aliphatic rings. The van der Waals surface area contributed by atoms with Gasteiger partial charge in [-0.05, 0) is 38.1 Å². The molecule has 5 nitrogen and oxygen atoms in total. The van der Waals surface area contributed by atoms with Crippen LogP contribution in [0.5, 0.6) is 0 Å². The molecule has 1 heterocycles. The van der Waals surface area contributed by atoms with Crippen molar-refractivity contribution in [3.05, 3.63) is 48.3 Å². The van der Waals surface area contributed by atoms with Crippen LogP contribution < -0.4 is 10.0 Å². The molecule has 0 unspecified atom stereocenters. The smallest absolute Gasteiger partial charge is 0.263 e. The second kappa shape index (κ2) is 5.54. The summed E-state index contributed by atoms with van der Waals surface area (Å²) in [5, 5.41) is 3.09. The van der Waals surface area contributed by atoms with Crippen molar-refractivity contribution in [3.63, 3.8) is 0 Å². The van der Waals surface area contributed by atoms with Crippen LogP contribution in [0, 0.1) is 0 Å². The lowest BCUT2D eigenvalue weighted by atomic mass is 10.3. The Morgan fingerprint density at radius 3 is 2.57 bits per heavy atom. The van der Waals surface area contributed by atoms with Gasteiger partial charge in [0.15, 0.2) is 0 Å². The van der Waals surface area contributed by atoms with Gasteiger partial charge in [-0.3, -0.25) is 4.72 Å². The average Bonchev–Trinajstić information content (AvgIpc) is 3.21. The van der Waals surface area contributed by atoms with Gasteiger partial charge < -0.3 is 9.88 Å². The molecule has 2 N–H and O–H groups in total. The summed E-state index contributed by atoms with van der Waals surface area (Å²) in [4.78, 5) is 0.323. The molecule has 1 saturated carbocycles. The first-order valence-corrected chi connectivity index (χ1v) is 8.52. The number of nitrogens with zero attached hydrogens (tertiary/aromatic N) is 1. The van der Waals surface area contributed by atoms with E-state index in [0.29, 0.717) is 23.2 Å². The van der Waals surface area contributed by atoms with Crippen LogP contribution >= 0.6 is 0 Å². The number of aromatic nitrogens is 1. The van der Waals surface area contributed by atoms with E-state index in [-0.39, 0.29) is 0 Å². The summed E-state index contributed by atoms with van der Waals surface area (Å²) in [5.74, 6) is 0. The Morgan fingerprint density at radius 2 is 1.95 bits per heavy atom. The lowest BCUT2D eigenvalue weighted by molar-refractivity contribution is 0.600. The highest BCUT2D eigenvalue weighted by molar-refractivity contribution is 7.92. The molecule has 0 spiro atoms. The first kappa shape index (κ1) is 14.2. The molecule has 112 valence electrons. The largest absolute Gasteiger partial charge is 0.346 e. The predicted octanol–water partition coefficient (Wildman–Crippen LogP) is 2.34. The highest BCUT2D eigenvalue weighted by Crippen LogP contribution is 2.37. The molecule has 3 rings (SSSR count). The molecule has 6 heteroatoms. The summed E-state index contributed by atoms with van der Waals surface area (Å²) in [5.41, 5.74) is 1.58. The van der Waals surface area contributed by atoms with Gasteiger partial charge in [-0.15, -0.1) is 0 Å². The zero-order valence-electron chi connectivity index (χ0n) is 11.9. The van der Waals surface area contributed by atoms with Crippen LogP contribution in [0.4, 0.5) is 5.69 Å². The van der Waals surface area contributed by atoms with E-state index in [0.717, 1.165) is 18.5 Å². The van der Waals surface area contributed by atoms with Crippen molar-refractivity contribution >= 4 is 15.7 Å². The first-order chi connectivity index (χ1) is 10.1. The molecule has 0 atom stereocenters. The van der Waals surface area contributed by atoms with Crippen LogP contribution in [0.1, 0.15) is 24.6 Å². The Kier molecular flexibility index (Phi) is 3.73. The van der Waals surface area contributed by atoms with Gasteiger partial charge >= 0.3 is 0 Å². The van der Waals surface area contributed by atoms with Gasteiger partial charge in [0.25, 0.3) is 10.0 Å². The van der Waals surface area contributed by atoms with Crippen LogP contribution in [-0.2, 0) is 16.6 Å². The summed E-state index contributed by atoms with van der Waals surface area (Å²) < 4.78 is 29.6. The number of benzene rings is 1. The van der Waals surface area contributed by atoms with Crippen molar-refractivity contribution < 1.29 is 8.42 Å². The van der Waals surface area contributed by atoms with E-state index in [9.17, 15) is 8.42 Å². The Labute approximate surface area is 125 Å². The lowest BCUT2D eigenvalue weighted by Crippen LogP contribution is -2.12.